The van der Waals surface area contributed by atoms with Gasteiger partial charge < -0.3 is 5.73 Å². The lowest BCUT2D eigenvalue weighted by Gasteiger charge is -2.12. The molecule has 0 spiro atoms. The molecular formula is C15H15ClN2O2. The van der Waals surface area contributed by atoms with Crippen LogP contribution >= 0.6 is 11.6 Å². The van der Waals surface area contributed by atoms with E-state index in [1.807, 2.05) is 30.3 Å². The van der Waals surface area contributed by atoms with Gasteiger partial charge in [0.05, 0.1) is 4.92 Å². The highest BCUT2D eigenvalue weighted by molar-refractivity contribution is 6.30. The third-order valence-electron chi connectivity index (χ3n) is 3.20. The van der Waals surface area contributed by atoms with Crippen LogP contribution in [0.3, 0.4) is 0 Å². The van der Waals surface area contributed by atoms with Crippen molar-refractivity contribution in [3.8, 4) is 0 Å². The van der Waals surface area contributed by atoms with Crippen molar-refractivity contribution in [3.63, 3.8) is 0 Å². The highest BCUT2D eigenvalue weighted by Crippen LogP contribution is 2.26. The second-order valence-corrected chi connectivity index (χ2v) is 5.02. The SMILES string of the molecule is NC(CCc1ccc(Cl)cc1[N+](=O)[O-])c1ccccc1. The maximum atomic E-state index is 11.0. The Hall–Kier alpha value is -1.91. The zero-order valence-electron chi connectivity index (χ0n) is 10.8. The van der Waals surface area contributed by atoms with E-state index in [0.717, 1.165) is 5.56 Å². The van der Waals surface area contributed by atoms with Crippen LogP contribution in [0.2, 0.25) is 5.02 Å². The Morgan fingerprint density at radius 2 is 1.90 bits per heavy atom. The van der Waals surface area contributed by atoms with E-state index in [9.17, 15) is 10.1 Å². The van der Waals surface area contributed by atoms with Gasteiger partial charge in [0.1, 0.15) is 0 Å². The van der Waals surface area contributed by atoms with Crippen LogP contribution < -0.4 is 5.73 Å². The number of hydrogen-bond donors (Lipinski definition) is 1. The Kier molecular flexibility index (Phi) is 4.71. The third kappa shape index (κ3) is 3.56. The molecule has 0 radical (unpaired) electrons. The fraction of sp³-hybridized carbons (Fsp3) is 0.200. The molecule has 5 heteroatoms. The minimum absolute atomic E-state index is 0.0535. The predicted octanol–water partition coefficient (Wildman–Crippen LogP) is 3.88. The van der Waals surface area contributed by atoms with Crippen LogP contribution in [0.15, 0.2) is 48.5 Å². The summed E-state index contributed by atoms with van der Waals surface area (Å²) in [4.78, 5) is 10.6. The van der Waals surface area contributed by atoms with E-state index in [1.54, 1.807) is 12.1 Å². The number of nitro groups is 1. The first kappa shape index (κ1) is 14.5. The van der Waals surface area contributed by atoms with Crippen molar-refractivity contribution in [2.75, 3.05) is 0 Å². The van der Waals surface area contributed by atoms with E-state index in [1.165, 1.54) is 6.07 Å². The summed E-state index contributed by atoms with van der Waals surface area (Å²) < 4.78 is 0. The summed E-state index contributed by atoms with van der Waals surface area (Å²) >= 11 is 5.79. The first-order valence-electron chi connectivity index (χ1n) is 6.31. The molecule has 0 aliphatic carbocycles. The summed E-state index contributed by atoms with van der Waals surface area (Å²) in [6, 6.07) is 14.3. The minimum atomic E-state index is -0.407. The number of nitro benzene ring substituents is 1. The van der Waals surface area contributed by atoms with Crippen LogP contribution in [0.4, 0.5) is 5.69 Å². The molecule has 1 unspecified atom stereocenters. The number of nitrogens with two attached hydrogens (primary N) is 1. The van der Waals surface area contributed by atoms with Crippen LogP contribution in [-0.4, -0.2) is 4.92 Å². The molecule has 1 atom stereocenters. The Balaban J connectivity index is 2.09. The number of nitrogens with zero attached hydrogens (tertiary/aromatic N) is 1. The molecule has 0 saturated carbocycles. The number of halogens is 1. The summed E-state index contributed by atoms with van der Waals surface area (Å²) in [7, 11) is 0. The van der Waals surface area contributed by atoms with Gasteiger partial charge in [-0.2, -0.15) is 0 Å². The largest absolute Gasteiger partial charge is 0.324 e. The van der Waals surface area contributed by atoms with E-state index in [0.29, 0.717) is 23.4 Å². The lowest BCUT2D eigenvalue weighted by Crippen LogP contribution is -2.11. The Morgan fingerprint density at radius 3 is 2.55 bits per heavy atom. The molecule has 104 valence electrons. The van der Waals surface area contributed by atoms with Crippen molar-refractivity contribution >= 4 is 17.3 Å². The summed E-state index contributed by atoms with van der Waals surface area (Å²) in [5, 5.41) is 11.4. The van der Waals surface area contributed by atoms with Gasteiger partial charge in [0.15, 0.2) is 0 Å². The van der Waals surface area contributed by atoms with Crippen LogP contribution in [0.5, 0.6) is 0 Å². The standard InChI is InChI=1S/C15H15ClN2O2/c16-13-8-6-12(15(10-13)18(19)20)7-9-14(17)11-4-2-1-3-5-11/h1-6,8,10,14H,7,9,17H2. The van der Waals surface area contributed by atoms with Crippen LogP contribution in [0.25, 0.3) is 0 Å². The predicted molar refractivity (Wildman–Crippen MR) is 79.8 cm³/mol. The molecule has 0 aliphatic rings. The zero-order chi connectivity index (χ0) is 14.5. The quantitative estimate of drug-likeness (QED) is 0.671. The first-order chi connectivity index (χ1) is 9.58. The molecule has 0 heterocycles. The molecular weight excluding hydrogens is 276 g/mol. The molecule has 0 saturated heterocycles. The second kappa shape index (κ2) is 6.50. The Labute approximate surface area is 122 Å². The molecule has 20 heavy (non-hydrogen) atoms. The normalized spacial score (nSPS) is 12.1. The van der Waals surface area contributed by atoms with Gasteiger partial charge in [0.25, 0.3) is 5.69 Å². The average molecular weight is 291 g/mol. The fourth-order valence-corrected chi connectivity index (χ4v) is 2.26. The lowest BCUT2D eigenvalue weighted by molar-refractivity contribution is -0.385. The van der Waals surface area contributed by atoms with Crippen molar-refractivity contribution in [1.82, 2.24) is 0 Å². The molecule has 0 amide bonds. The molecule has 2 aromatic carbocycles. The van der Waals surface area contributed by atoms with E-state index in [-0.39, 0.29) is 11.7 Å². The average Bonchev–Trinajstić information content (AvgIpc) is 2.46. The molecule has 0 aliphatic heterocycles. The van der Waals surface area contributed by atoms with Crippen molar-refractivity contribution in [1.29, 1.82) is 0 Å². The highest BCUT2D eigenvalue weighted by Gasteiger charge is 2.15. The summed E-state index contributed by atoms with van der Waals surface area (Å²) in [6.45, 7) is 0. The number of aryl methyl sites for hydroxylation is 1. The summed E-state index contributed by atoms with van der Waals surface area (Å²) in [5.74, 6) is 0. The van der Waals surface area contributed by atoms with E-state index >= 15 is 0 Å². The van der Waals surface area contributed by atoms with Gasteiger partial charge in [-0.3, -0.25) is 10.1 Å². The van der Waals surface area contributed by atoms with E-state index < -0.39 is 4.92 Å². The molecule has 0 fully saturated rings. The Bertz CT molecular complexity index is 602. The minimum Gasteiger partial charge on any atom is -0.324 e. The molecule has 2 rings (SSSR count). The zero-order valence-corrected chi connectivity index (χ0v) is 11.6. The highest BCUT2D eigenvalue weighted by atomic mass is 35.5. The van der Waals surface area contributed by atoms with Gasteiger partial charge in [0.2, 0.25) is 0 Å². The topological polar surface area (TPSA) is 69.2 Å². The van der Waals surface area contributed by atoms with E-state index in [2.05, 4.69) is 0 Å². The summed E-state index contributed by atoms with van der Waals surface area (Å²) in [5.41, 5.74) is 7.85. The van der Waals surface area contributed by atoms with Crippen molar-refractivity contribution < 1.29 is 4.92 Å². The molecule has 0 bridgehead atoms. The van der Waals surface area contributed by atoms with Crippen molar-refractivity contribution in [3.05, 3.63) is 74.8 Å². The van der Waals surface area contributed by atoms with Crippen molar-refractivity contribution in [2.45, 2.75) is 18.9 Å². The maximum absolute atomic E-state index is 11.0. The van der Waals surface area contributed by atoms with Gasteiger partial charge in [-0.25, -0.2) is 0 Å². The molecule has 2 aromatic rings. The van der Waals surface area contributed by atoms with Gasteiger partial charge in [-0.15, -0.1) is 0 Å². The monoisotopic (exact) mass is 290 g/mol. The van der Waals surface area contributed by atoms with E-state index in [4.69, 9.17) is 17.3 Å². The number of hydrogen-bond acceptors (Lipinski definition) is 3. The maximum Gasteiger partial charge on any atom is 0.274 e. The van der Waals surface area contributed by atoms with Crippen LogP contribution in [-0.2, 0) is 6.42 Å². The van der Waals surface area contributed by atoms with Gasteiger partial charge in [-0.1, -0.05) is 48.0 Å². The smallest absolute Gasteiger partial charge is 0.274 e. The molecule has 0 aromatic heterocycles. The van der Waals surface area contributed by atoms with Crippen LogP contribution in [0, 0.1) is 10.1 Å². The Morgan fingerprint density at radius 1 is 1.20 bits per heavy atom. The lowest BCUT2D eigenvalue weighted by atomic mass is 9.99. The van der Waals surface area contributed by atoms with Gasteiger partial charge >= 0.3 is 0 Å². The number of benzene rings is 2. The van der Waals surface area contributed by atoms with Crippen LogP contribution in [0.1, 0.15) is 23.6 Å². The van der Waals surface area contributed by atoms with Crippen molar-refractivity contribution in [2.24, 2.45) is 5.73 Å². The second-order valence-electron chi connectivity index (χ2n) is 4.59. The number of rotatable bonds is 5. The first-order valence-corrected chi connectivity index (χ1v) is 6.69. The fourth-order valence-electron chi connectivity index (χ4n) is 2.10. The molecule has 4 nitrogen and oxygen atoms in total. The third-order valence-corrected chi connectivity index (χ3v) is 3.43. The summed E-state index contributed by atoms with van der Waals surface area (Å²) in [6.07, 6.45) is 1.19. The molecule has 2 N–H and O–H groups in total. The van der Waals surface area contributed by atoms with Gasteiger partial charge in [-0.05, 0) is 24.5 Å². The van der Waals surface area contributed by atoms with Gasteiger partial charge in [0, 0.05) is 22.7 Å².